The van der Waals surface area contributed by atoms with Crippen molar-refractivity contribution < 1.29 is 27.5 Å². The molecule has 0 atom stereocenters. The van der Waals surface area contributed by atoms with Crippen LogP contribution in [0.5, 0.6) is 5.75 Å². The summed E-state index contributed by atoms with van der Waals surface area (Å²) in [7, 11) is 0. The van der Waals surface area contributed by atoms with Crippen LogP contribution in [-0.2, 0) is 4.79 Å². The summed E-state index contributed by atoms with van der Waals surface area (Å²) in [5.41, 5.74) is 2.76. The van der Waals surface area contributed by atoms with Gasteiger partial charge >= 0.3 is 6.36 Å². The van der Waals surface area contributed by atoms with E-state index in [-0.39, 0.29) is 29.0 Å². The van der Waals surface area contributed by atoms with Crippen LogP contribution in [0.15, 0.2) is 60.9 Å². The maximum atomic E-state index is 13.0. The Balaban J connectivity index is 1.06. The van der Waals surface area contributed by atoms with Crippen LogP contribution in [-0.4, -0.2) is 57.4 Å². The summed E-state index contributed by atoms with van der Waals surface area (Å²) in [6.45, 7) is 1.30. The number of hydrogen-bond donors (Lipinski definition) is 2. The number of hydrogen-bond acceptors (Lipinski definition) is 5. The molecule has 3 heterocycles. The van der Waals surface area contributed by atoms with Crippen molar-refractivity contribution in [2.45, 2.75) is 38.1 Å². The highest BCUT2D eigenvalue weighted by Gasteiger charge is 2.46. The molecule has 1 saturated carbocycles. The number of H-pyrrole nitrogens is 1. The third-order valence-corrected chi connectivity index (χ3v) is 7.14. The van der Waals surface area contributed by atoms with E-state index in [1.165, 1.54) is 30.3 Å². The van der Waals surface area contributed by atoms with E-state index in [0.717, 1.165) is 31.2 Å². The molecular weight excluding hydrogens is 499 g/mol. The summed E-state index contributed by atoms with van der Waals surface area (Å²) < 4.78 is 40.6. The highest BCUT2D eigenvalue weighted by molar-refractivity contribution is 5.93. The fourth-order valence-corrected chi connectivity index (χ4v) is 5.15. The third-order valence-electron chi connectivity index (χ3n) is 7.14. The molecule has 5 rings (SSSR count). The number of ether oxygens (including phenoxy) is 1. The number of rotatable bonds is 6. The fourth-order valence-electron chi connectivity index (χ4n) is 5.15. The summed E-state index contributed by atoms with van der Waals surface area (Å²) in [6.07, 6.45) is 4.99. The summed E-state index contributed by atoms with van der Waals surface area (Å²) in [4.78, 5) is 31.1. The zero-order valence-electron chi connectivity index (χ0n) is 20.4. The van der Waals surface area contributed by atoms with E-state index >= 15 is 0 Å². The minimum atomic E-state index is -4.74. The fraction of sp³-hybridized carbons (Fsp3) is 0.333. The van der Waals surface area contributed by atoms with Gasteiger partial charge in [-0.25, -0.2) is 0 Å². The first-order valence-electron chi connectivity index (χ1n) is 12.3. The minimum absolute atomic E-state index is 0.0625. The minimum Gasteiger partial charge on any atom is -0.406 e. The SMILES string of the molecule is O=C(/C=C/c1ccc(OC(F)(F)F)cc1)NC1CC2(CCN(C(=O)c3cc(-c4ccncc4)n[nH]3)CC2)C1. The van der Waals surface area contributed by atoms with Crippen molar-refractivity contribution in [1.82, 2.24) is 25.4 Å². The summed E-state index contributed by atoms with van der Waals surface area (Å²) in [6, 6.07) is 10.8. The number of nitrogens with zero attached hydrogens (tertiary/aromatic N) is 3. The van der Waals surface area contributed by atoms with Crippen molar-refractivity contribution >= 4 is 17.9 Å². The zero-order valence-corrected chi connectivity index (χ0v) is 20.4. The van der Waals surface area contributed by atoms with E-state index < -0.39 is 6.36 Å². The van der Waals surface area contributed by atoms with Crippen LogP contribution in [0.25, 0.3) is 17.3 Å². The third kappa shape index (κ3) is 6.04. The molecule has 198 valence electrons. The number of aromatic amines is 1. The van der Waals surface area contributed by atoms with E-state index in [4.69, 9.17) is 0 Å². The number of amides is 2. The summed E-state index contributed by atoms with van der Waals surface area (Å²) >= 11 is 0. The van der Waals surface area contributed by atoms with Crippen molar-refractivity contribution in [3.63, 3.8) is 0 Å². The molecule has 11 heteroatoms. The van der Waals surface area contributed by atoms with E-state index in [2.05, 4.69) is 25.2 Å². The second kappa shape index (κ2) is 10.3. The Hall–Kier alpha value is -4.15. The lowest BCUT2D eigenvalue weighted by molar-refractivity contribution is -0.274. The molecule has 0 unspecified atom stereocenters. The number of pyridine rings is 1. The number of aromatic nitrogens is 3. The van der Waals surface area contributed by atoms with Gasteiger partial charge < -0.3 is 15.0 Å². The second-order valence-corrected chi connectivity index (χ2v) is 9.76. The molecule has 1 aliphatic carbocycles. The van der Waals surface area contributed by atoms with Crippen LogP contribution in [0.1, 0.15) is 41.7 Å². The number of carbonyl (C=O) groups excluding carboxylic acids is 2. The van der Waals surface area contributed by atoms with Gasteiger partial charge in [0.15, 0.2) is 0 Å². The van der Waals surface area contributed by atoms with E-state index in [1.54, 1.807) is 24.5 Å². The van der Waals surface area contributed by atoms with E-state index in [9.17, 15) is 22.8 Å². The van der Waals surface area contributed by atoms with Gasteiger partial charge in [-0.2, -0.15) is 5.10 Å². The van der Waals surface area contributed by atoms with Gasteiger partial charge in [0.05, 0.1) is 5.69 Å². The average Bonchev–Trinajstić information content (AvgIpc) is 3.37. The first-order valence-corrected chi connectivity index (χ1v) is 12.3. The molecule has 1 saturated heterocycles. The molecule has 2 N–H and O–H groups in total. The first kappa shape index (κ1) is 25.5. The van der Waals surface area contributed by atoms with Crippen molar-refractivity contribution in [2.24, 2.45) is 5.41 Å². The lowest BCUT2D eigenvalue weighted by Crippen LogP contribution is -2.55. The molecular formula is C27H26F3N5O3. The molecule has 1 aromatic carbocycles. The van der Waals surface area contributed by atoms with E-state index in [0.29, 0.717) is 30.0 Å². The van der Waals surface area contributed by atoms with Gasteiger partial charge in [0.1, 0.15) is 11.4 Å². The van der Waals surface area contributed by atoms with Gasteiger partial charge in [-0.05, 0) is 73.1 Å². The summed E-state index contributed by atoms with van der Waals surface area (Å²) in [5, 5.41) is 10.1. The Kier molecular flexibility index (Phi) is 6.92. The average molecular weight is 526 g/mol. The Labute approximate surface area is 216 Å². The lowest BCUT2D eigenvalue weighted by atomic mass is 9.60. The van der Waals surface area contributed by atoms with Gasteiger partial charge in [-0.3, -0.25) is 19.7 Å². The van der Waals surface area contributed by atoms with Crippen LogP contribution in [0.3, 0.4) is 0 Å². The number of piperidine rings is 1. The Morgan fingerprint density at radius 3 is 2.42 bits per heavy atom. The number of carbonyl (C=O) groups is 2. The molecule has 8 nitrogen and oxygen atoms in total. The zero-order chi connectivity index (χ0) is 26.8. The van der Waals surface area contributed by atoms with Crippen molar-refractivity contribution in [1.29, 1.82) is 0 Å². The molecule has 0 radical (unpaired) electrons. The van der Waals surface area contributed by atoms with Crippen LogP contribution in [0.4, 0.5) is 13.2 Å². The Morgan fingerprint density at radius 1 is 1.08 bits per heavy atom. The van der Waals surface area contributed by atoms with Crippen LogP contribution in [0.2, 0.25) is 0 Å². The Morgan fingerprint density at radius 2 is 1.76 bits per heavy atom. The maximum Gasteiger partial charge on any atom is 0.573 e. The number of halogens is 3. The monoisotopic (exact) mass is 525 g/mol. The summed E-state index contributed by atoms with van der Waals surface area (Å²) in [5.74, 6) is -0.636. The Bertz CT molecular complexity index is 1310. The highest BCUT2D eigenvalue weighted by Crippen LogP contribution is 2.49. The number of benzene rings is 1. The second-order valence-electron chi connectivity index (χ2n) is 9.76. The number of nitrogens with one attached hydrogen (secondary N) is 2. The normalized spacial score (nSPS) is 17.4. The standard InChI is InChI=1S/C27H26F3N5O3/c28-27(29,30)38-21-4-1-18(2-5-21)3-6-24(36)32-20-16-26(17-20)9-13-35(14-10-26)25(37)23-15-22(33-34-23)19-7-11-31-12-8-19/h1-8,11-12,15,20H,9-10,13-14,16-17H2,(H,32,36)(H,33,34)/b6-3+. The topological polar surface area (TPSA) is 100 Å². The number of alkyl halides is 3. The molecule has 3 aromatic rings. The molecule has 2 aromatic heterocycles. The molecule has 2 fully saturated rings. The van der Waals surface area contributed by atoms with Crippen molar-refractivity contribution in [3.05, 3.63) is 72.2 Å². The lowest BCUT2D eigenvalue weighted by Gasteiger charge is -2.52. The predicted octanol–water partition coefficient (Wildman–Crippen LogP) is 4.58. The molecule has 2 aliphatic rings. The highest BCUT2D eigenvalue weighted by atomic mass is 19.4. The first-order chi connectivity index (χ1) is 18.2. The molecule has 38 heavy (non-hydrogen) atoms. The van der Waals surface area contributed by atoms with Gasteiger partial charge in [0.2, 0.25) is 5.91 Å². The molecule has 1 spiro atoms. The quantitative estimate of drug-likeness (QED) is 0.459. The molecule has 2 amide bonds. The largest absolute Gasteiger partial charge is 0.573 e. The van der Waals surface area contributed by atoms with Crippen LogP contribution >= 0.6 is 0 Å². The van der Waals surface area contributed by atoms with Crippen LogP contribution < -0.4 is 10.1 Å². The maximum absolute atomic E-state index is 13.0. The van der Waals surface area contributed by atoms with Crippen molar-refractivity contribution in [3.8, 4) is 17.0 Å². The molecule has 0 bridgehead atoms. The van der Waals surface area contributed by atoms with Gasteiger partial charge in [-0.1, -0.05) is 12.1 Å². The predicted molar refractivity (Wildman–Crippen MR) is 133 cm³/mol. The molecule has 1 aliphatic heterocycles. The van der Waals surface area contributed by atoms with Crippen molar-refractivity contribution in [2.75, 3.05) is 13.1 Å². The van der Waals surface area contributed by atoms with Gasteiger partial charge in [0.25, 0.3) is 5.91 Å². The van der Waals surface area contributed by atoms with Crippen LogP contribution in [0, 0.1) is 5.41 Å². The van der Waals surface area contributed by atoms with Gasteiger partial charge in [-0.15, -0.1) is 13.2 Å². The number of likely N-dealkylation sites (tertiary alicyclic amines) is 1. The van der Waals surface area contributed by atoms with E-state index in [1.807, 2.05) is 17.0 Å². The van der Waals surface area contributed by atoms with Gasteiger partial charge in [0, 0.05) is 43.2 Å². The smallest absolute Gasteiger partial charge is 0.406 e.